The molecule has 0 atom stereocenters. The molecule has 0 fully saturated rings. The Morgan fingerprint density at radius 2 is 1.95 bits per heavy atom. The van der Waals surface area contributed by atoms with E-state index in [2.05, 4.69) is 0 Å². The van der Waals surface area contributed by atoms with Crippen molar-refractivity contribution >= 4 is 6.09 Å². The normalized spacial score (nSPS) is 13.6. The lowest BCUT2D eigenvalue weighted by atomic mass is 9.99. The van der Waals surface area contributed by atoms with Crippen molar-refractivity contribution in [3.8, 4) is 5.75 Å². The van der Waals surface area contributed by atoms with Gasteiger partial charge >= 0.3 is 6.09 Å². The van der Waals surface area contributed by atoms with Gasteiger partial charge in [0.2, 0.25) is 0 Å². The van der Waals surface area contributed by atoms with E-state index in [4.69, 9.17) is 4.74 Å². The standard InChI is InChI=1S/C17H17NO3/c19-16-8-4-7-14-11-18(10-9-15(14)16)17(20)21-12-13-5-2-1-3-6-13/h1-8,19H,9-12H2. The zero-order valence-corrected chi connectivity index (χ0v) is 11.7. The van der Waals surface area contributed by atoms with E-state index in [9.17, 15) is 9.90 Å². The lowest BCUT2D eigenvalue weighted by Crippen LogP contribution is -2.36. The molecule has 2 aromatic carbocycles. The second-order valence-electron chi connectivity index (χ2n) is 5.13. The highest BCUT2D eigenvalue weighted by molar-refractivity contribution is 5.68. The molecule has 2 aromatic rings. The van der Waals surface area contributed by atoms with Crippen LogP contribution >= 0.6 is 0 Å². The molecule has 1 amide bonds. The first-order valence-corrected chi connectivity index (χ1v) is 6.99. The monoisotopic (exact) mass is 283 g/mol. The van der Waals surface area contributed by atoms with Crippen LogP contribution in [0.15, 0.2) is 48.5 Å². The summed E-state index contributed by atoms with van der Waals surface area (Å²) in [5.74, 6) is 0.310. The van der Waals surface area contributed by atoms with Crippen LogP contribution < -0.4 is 0 Å². The number of benzene rings is 2. The fraction of sp³-hybridized carbons (Fsp3) is 0.235. The van der Waals surface area contributed by atoms with Gasteiger partial charge in [-0.2, -0.15) is 0 Å². The molecule has 1 aliphatic rings. The van der Waals surface area contributed by atoms with Gasteiger partial charge in [0.15, 0.2) is 0 Å². The molecule has 3 rings (SSSR count). The molecule has 108 valence electrons. The Hall–Kier alpha value is -2.49. The predicted molar refractivity (Wildman–Crippen MR) is 78.8 cm³/mol. The van der Waals surface area contributed by atoms with Gasteiger partial charge in [-0.05, 0) is 23.6 Å². The summed E-state index contributed by atoms with van der Waals surface area (Å²) >= 11 is 0. The Labute approximate surface area is 123 Å². The quantitative estimate of drug-likeness (QED) is 0.921. The number of nitrogens with zero attached hydrogens (tertiary/aromatic N) is 1. The lowest BCUT2D eigenvalue weighted by molar-refractivity contribution is 0.0916. The molecule has 4 nitrogen and oxygen atoms in total. The number of phenolic OH excluding ortho intramolecular Hbond substituents is 1. The van der Waals surface area contributed by atoms with Crippen molar-refractivity contribution in [2.24, 2.45) is 0 Å². The minimum atomic E-state index is -0.312. The number of phenols is 1. The smallest absolute Gasteiger partial charge is 0.410 e. The Kier molecular flexibility index (Phi) is 3.77. The summed E-state index contributed by atoms with van der Waals surface area (Å²) in [7, 11) is 0. The van der Waals surface area contributed by atoms with Gasteiger partial charge in [0.25, 0.3) is 0 Å². The number of hydrogen-bond donors (Lipinski definition) is 1. The third kappa shape index (κ3) is 2.99. The van der Waals surface area contributed by atoms with Crippen LogP contribution in [-0.2, 0) is 24.3 Å². The molecule has 0 bridgehead atoms. The summed E-state index contributed by atoms with van der Waals surface area (Å²) in [6, 6.07) is 15.0. The molecule has 1 N–H and O–H groups in total. The molecule has 0 radical (unpaired) electrons. The van der Waals surface area contributed by atoms with E-state index >= 15 is 0 Å². The van der Waals surface area contributed by atoms with Gasteiger partial charge in [-0.25, -0.2) is 4.79 Å². The van der Waals surface area contributed by atoms with Crippen LogP contribution in [0.5, 0.6) is 5.75 Å². The van der Waals surface area contributed by atoms with Crippen molar-refractivity contribution in [2.45, 2.75) is 19.6 Å². The van der Waals surface area contributed by atoms with Crippen molar-refractivity contribution in [1.82, 2.24) is 4.90 Å². The highest BCUT2D eigenvalue weighted by Gasteiger charge is 2.23. The molecule has 0 aliphatic carbocycles. The molecule has 0 unspecified atom stereocenters. The Balaban J connectivity index is 1.62. The number of fused-ring (bicyclic) bond motifs is 1. The van der Waals surface area contributed by atoms with E-state index in [1.165, 1.54) is 0 Å². The highest BCUT2D eigenvalue weighted by atomic mass is 16.6. The molecule has 1 aliphatic heterocycles. The van der Waals surface area contributed by atoms with Crippen LogP contribution in [0, 0.1) is 0 Å². The van der Waals surface area contributed by atoms with Crippen LogP contribution in [0.4, 0.5) is 4.79 Å². The van der Waals surface area contributed by atoms with E-state index in [0.717, 1.165) is 16.7 Å². The number of aromatic hydroxyl groups is 1. The fourth-order valence-corrected chi connectivity index (χ4v) is 2.56. The highest BCUT2D eigenvalue weighted by Crippen LogP contribution is 2.27. The van der Waals surface area contributed by atoms with Crippen molar-refractivity contribution < 1.29 is 14.6 Å². The Morgan fingerprint density at radius 1 is 1.14 bits per heavy atom. The van der Waals surface area contributed by atoms with Crippen LogP contribution in [0.3, 0.4) is 0 Å². The molecule has 4 heteroatoms. The molecule has 0 aromatic heterocycles. The maximum Gasteiger partial charge on any atom is 0.410 e. The first-order chi connectivity index (χ1) is 10.2. The average molecular weight is 283 g/mol. The number of hydrogen-bond acceptors (Lipinski definition) is 3. The summed E-state index contributed by atoms with van der Waals surface area (Å²) in [5, 5.41) is 9.80. The van der Waals surface area contributed by atoms with E-state index in [1.54, 1.807) is 17.0 Å². The number of carbonyl (C=O) groups is 1. The van der Waals surface area contributed by atoms with E-state index in [-0.39, 0.29) is 12.7 Å². The number of amides is 1. The van der Waals surface area contributed by atoms with Crippen molar-refractivity contribution in [2.75, 3.05) is 6.54 Å². The minimum absolute atomic E-state index is 0.281. The third-order valence-electron chi connectivity index (χ3n) is 3.70. The SMILES string of the molecule is O=C(OCc1ccccc1)N1CCc2c(O)cccc2C1. The second-order valence-corrected chi connectivity index (χ2v) is 5.13. The number of ether oxygens (including phenoxy) is 1. The molecule has 21 heavy (non-hydrogen) atoms. The van der Waals surface area contributed by atoms with Crippen LogP contribution in [0.2, 0.25) is 0 Å². The summed E-state index contributed by atoms with van der Waals surface area (Å²) < 4.78 is 5.34. The zero-order valence-electron chi connectivity index (χ0n) is 11.7. The summed E-state index contributed by atoms with van der Waals surface area (Å²) in [6.07, 6.45) is 0.343. The van der Waals surface area contributed by atoms with E-state index in [0.29, 0.717) is 25.3 Å². The van der Waals surface area contributed by atoms with Gasteiger partial charge < -0.3 is 14.7 Å². The Bertz CT molecular complexity index is 640. The summed E-state index contributed by atoms with van der Waals surface area (Å²) in [6.45, 7) is 1.33. The van der Waals surface area contributed by atoms with Crippen LogP contribution in [0.25, 0.3) is 0 Å². The predicted octanol–water partition coefficient (Wildman–Crippen LogP) is 3.09. The third-order valence-corrected chi connectivity index (χ3v) is 3.70. The first kappa shape index (κ1) is 13.5. The van der Waals surface area contributed by atoms with Gasteiger partial charge in [-0.3, -0.25) is 0 Å². The molecule has 0 spiro atoms. The van der Waals surface area contributed by atoms with Gasteiger partial charge in [0.05, 0.1) is 0 Å². The maximum atomic E-state index is 12.1. The molecule has 0 saturated heterocycles. The molecular formula is C17H17NO3. The first-order valence-electron chi connectivity index (χ1n) is 6.99. The summed E-state index contributed by atoms with van der Waals surface area (Å²) in [5.41, 5.74) is 2.89. The van der Waals surface area contributed by atoms with Gasteiger partial charge in [-0.15, -0.1) is 0 Å². The molecular weight excluding hydrogens is 266 g/mol. The van der Waals surface area contributed by atoms with Gasteiger partial charge in [0.1, 0.15) is 12.4 Å². The van der Waals surface area contributed by atoms with Crippen molar-refractivity contribution in [1.29, 1.82) is 0 Å². The topological polar surface area (TPSA) is 49.8 Å². The largest absolute Gasteiger partial charge is 0.508 e. The Morgan fingerprint density at radius 3 is 2.76 bits per heavy atom. The zero-order chi connectivity index (χ0) is 14.7. The van der Waals surface area contributed by atoms with Gasteiger partial charge in [-0.1, -0.05) is 42.5 Å². The van der Waals surface area contributed by atoms with E-state index in [1.807, 2.05) is 36.4 Å². The fourth-order valence-electron chi connectivity index (χ4n) is 2.56. The van der Waals surface area contributed by atoms with Crippen molar-refractivity contribution in [3.63, 3.8) is 0 Å². The van der Waals surface area contributed by atoms with Crippen LogP contribution in [0.1, 0.15) is 16.7 Å². The maximum absolute atomic E-state index is 12.1. The number of rotatable bonds is 2. The van der Waals surface area contributed by atoms with Crippen molar-refractivity contribution in [3.05, 3.63) is 65.2 Å². The summed E-state index contributed by atoms with van der Waals surface area (Å²) in [4.78, 5) is 13.8. The lowest BCUT2D eigenvalue weighted by Gasteiger charge is -2.28. The molecule has 1 heterocycles. The average Bonchev–Trinajstić information content (AvgIpc) is 2.53. The molecule has 0 saturated carbocycles. The minimum Gasteiger partial charge on any atom is -0.508 e. The second kappa shape index (κ2) is 5.87. The number of carbonyl (C=O) groups excluding carboxylic acids is 1. The van der Waals surface area contributed by atoms with Crippen LogP contribution in [-0.4, -0.2) is 22.6 Å². The van der Waals surface area contributed by atoms with E-state index < -0.39 is 0 Å². The van der Waals surface area contributed by atoms with Gasteiger partial charge in [0, 0.05) is 18.7 Å².